The van der Waals surface area contributed by atoms with Crippen LogP contribution in [0, 0.1) is 6.92 Å². The smallest absolute Gasteiger partial charge is 0.145 e. The van der Waals surface area contributed by atoms with E-state index in [2.05, 4.69) is 20.9 Å². The molecule has 148 valence electrons. The molecule has 4 rings (SSSR count). The van der Waals surface area contributed by atoms with E-state index in [1.54, 1.807) is 6.20 Å². The number of aromatic nitrogens is 3. The normalized spacial score (nSPS) is 14.4. The maximum absolute atomic E-state index is 12.8. The lowest BCUT2D eigenvalue weighted by molar-refractivity contribution is -0.119. The number of benzene rings is 1. The third kappa shape index (κ3) is 4.30. The molecule has 3 aromatic rings. The van der Waals surface area contributed by atoms with Gasteiger partial charge in [-0.15, -0.1) is 0 Å². The molecule has 5 nitrogen and oxygen atoms in total. The van der Waals surface area contributed by atoms with Crippen LogP contribution in [0.25, 0.3) is 0 Å². The van der Waals surface area contributed by atoms with E-state index in [1.807, 2.05) is 50.2 Å². The van der Waals surface area contributed by atoms with Gasteiger partial charge in [-0.25, -0.2) is 9.97 Å². The molecule has 0 fully saturated rings. The van der Waals surface area contributed by atoms with Gasteiger partial charge in [-0.05, 0) is 62.6 Å². The number of ketones is 1. The van der Waals surface area contributed by atoms with Crippen LogP contribution < -0.4 is 4.90 Å². The highest BCUT2D eigenvalue weighted by molar-refractivity contribution is 6.30. The molecule has 2 aromatic heterocycles. The summed E-state index contributed by atoms with van der Waals surface area (Å²) in [6.45, 7) is 4.72. The van der Waals surface area contributed by atoms with Crippen molar-refractivity contribution in [3.05, 3.63) is 76.5 Å². The van der Waals surface area contributed by atoms with Crippen molar-refractivity contribution in [2.75, 3.05) is 11.4 Å². The van der Waals surface area contributed by atoms with Crippen LogP contribution in [0.5, 0.6) is 0 Å². The topological polar surface area (TPSA) is 59.0 Å². The monoisotopic (exact) mass is 406 g/mol. The number of aryl methyl sites for hydroxylation is 2. The van der Waals surface area contributed by atoms with Crippen molar-refractivity contribution in [3.63, 3.8) is 0 Å². The third-order valence-corrected chi connectivity index (χ3v) is 5.57. The number of hydrogen-bond acceptors (Lipinski definition) is 5. The fourth-order valence-electron chi connectivity index (χ4n) is 3.66. The predicted octanol–water partition coefficient (Wildman–Crippen LogP) is 4.83. The van der Waals surface area contributed by atoms with E-state index < -0.39 is 0 Å². The van der Waals surface area contributed by atoms with Crippen LogP contribution in [-0.4, -0.2) is 27.3 Å². The highest BCUT2D eigenvalue weighted by Gasteiger charge is 2.23. The molecule has 0 spiro atoms. The summed E-state index contributed by atoms with van der Waals surface area (Å²) in [5, 5.41) is 0.675. The second-order valence-electron chi connectivity index (χ2n) is 7.41. The first-order valence-corrected chi connectivity index (χ1v) is 10.2. The van der Waals surface area contributed by atoms with Gasteiger partial charge < -0.3 is 4.90 Å². The molecular formula is C23H23ClN4O. The minimum absolute atomic E-state index is 0.152. The first-order chi connectivity index (χ1) is 14.0. The van der Waals surface area contributed by atoms with E-state index in [0.717, 1.165) is 53.7 Å². The quantitative estimate of drug-likeness (QED) is 0.607. The summed E-state index contributed by atoms with van der Waals surface area (Å²) in [5.74, 6) is 1.53. The summed E-state index contributed by atoms with van der Waals surface area (Å²) >= 11 is 5.93. The maximum atomic E-state index is 12.8. The second kappa shape index (κ2) is 8.29. The summed E-state index contributed by atoms with van der Waals surface area (Å²) in [7, 11) is 0. The molecule has 3 heterocycles. The van der Waals surface area contributed by atoms with E-state index in [0.29, 0.717) is 11.4 Å². The minimum Gasteiger partial charge on any atom is -0.325 e. The number of Topliss-reactive ketones (excluding diaryl/α,β-unsaturated/α-hetero) is 1. The first kappa shape index (κ1) is 19.5. The van der Waals surface area contributed by atoms with E-state index in [-0.39, 0.29) is 11.7 Å². The molecule has 1 aromatic carbocycles. The third-order valence-electron chi connectivity index (χ3n) is 5.31. The molecule has 0 radical (unpaired) electrons. The van der Waals surface area contributed by atoms with Gasteiger partial charge >= 0.3 is 0 Å². The van der Waals surface area contributed by atoms with Crippen LogP contribution in [0.1, 0.15) is 42.0 Å². The van der Waals surface area contributed by atoms with Gasteiger partial charge in [-0.1, -0.05) is 23.7 Å². The largest absolute Gasteiger partial charge is 0.325 e. The highest BCUT2D eigenvalue weighted by Crippen LogP contribution is 2.32. The van der Waals surface area contributed by atoms with Gasteiger partial charge in [-0.2, -0.15) is 0 Å². The molecule has 0 amide bonds. The lowest BCUT2D eigenvalue weighted by Crippen LogP contribution is -2.27. The van der Waals surface area contributed by atoms with Crippen LogP contribution in [0.4, 0.5) is 11.5 Å². The number of hydrogen-bond donors (Lipinski definition) is 0. The number of carbonyl (C=O) groups is 1. The van der Waals surface area contributed by atoms with Gasteiger partial charge in [0.25, 0.3) is 0 Å². The Morgan fingerprint density at radius 2 is 1.93 bits per heavy atom. The molecule has 1 atom stereocenters. The molecular weight excluding hydrogens is 384 g/mol. The molecule has 0 bridgehead atoms. The molecule has 29 heavy (non-hydrogen) atoms. The van der Waals surface area contributed by atoms with Crippen LogP contribution >= 0.6 is 11.6 Å². The van der Waals surface area contributed by atoms with Gasteiger partial charge in [0, 0.05) is 24.2 Å². The Kier molecular flexibility index (Phi) is 5.58. The Labute approximate surface area is 175 Å². The van der Waals surface area contributed by atoms with Crippen molar-refractivity contribution < 1.29 is 4.79 Å². The number of pyridine rings is 1. The van der Waals surface area contributed by atoms with Crippen molar-refractivity contribution in [2.24, 2.45) is 0 Å². The zero-order chi connectivity index (χ0) is 20.4. The molecule has 0 saturated carbocycles. The molecule has 0 aliphatic carbocycles. The van der Waals surface area contributed by atoms with Crippen LogP contribution in [0.3, 0.4) is 0 Å². The Balaban J connectivity index is 1.55. The van der Waals surface area contributed by atoms with Crippen molar-refractivity contribution in [1.82, 2.24) is 15.0 Å². The van der Waals surface area contributed by atoms with Crippen LogP contribution in [-0.2, 0) is 17.6 Å². The standard InChI is InChI=1S/C23H23ClN4O/c1-15(22(29)14-17-5-7-18(24)8-6-17)19-9-10-21-20(27-19)4-3-13-28(21)23-11-12-25-16(2)26-23/h5-12,15H,3-4,13-14H2,1-2H3. The average Bonchev–Trinajstić information content (AvgIpc) is 2.74. The van der Waals surface area contributed by atoms with Crippen molar-refractivity contribution in [3.8, 4) is 0 Å². The molecule has 1 unspecified atom stereocenters. The number of fused-ring (bicyclic) bond motifs is 1. The maximum Gasteiger partial charge on any atom is 0.145 e. The number of rotatable bonds is 5. The molecule has 1 aliphatic rings. The zero-order valence-electron chi connectivity index (χ0n) is 16.6. The van der Waals surface area contributed by atoms with E-state index in [9.17, 15) is 4.79 Å². The summed E-state index contributed by atoms with van der Waals surface area (Å²) < 4.78 is 0. The van der Waals surface area contributed by atoms with Gasteiger partial charge in [-0.3, -0.25) is 9.78 Å². The molecule has 0 N–H and O–H groups in total. The predicted molar refractivity (Wildman–Crippen MR) is 115 cm³/mol. The van der Waals surface area contributed by atoms with E-state index >= 15 is 0 Å². The van der Waals surface area contributed by atoms with Gasteiger partial charge in [0.2, 0.25) is 0 Å². The SMILES string of the molecule is Cc1nccc(N2CCCc3nc(C(C)C(=O)Cc4ccc(Cl)cc4)ccc32)n1. The number of nitrogens with zero attached hydrogens (tertiary/aromatic N) is 4. The lowest BCUT2D eigenvalue weighted by atomic mass is 9.95. The van der Waals surface area contributed by atoms with Crippen molar-refractivity contribution in [1.29, 1.82) is 0 Å². The fourth-order valence-corrected chi connectivity index (χ4v) is 3.79. The second-order valence-corrected chi connectivity index (χ2v) is 7.85. The van der Waals surface area contributed by atoms with E-state index in [1.165, 1.54) is 0 Å². The summed E-state index contributed by atoms with van der Waals surface area (Å²) in [6, 6.07) is 13.4. The first-order valence-electron chi connectivity index (χ1n) is 9.85. The molecule has 6 heteroatoms. The number of halogens is 1. The van der Waals surface area contributed by atoms with Crippen LogP contribution in [0.15, 0.2) is 48.7 Å². The molecule has 1 aliphatic heterocycles. The zero-order valence-corrected chi connectivity index (χ0v) is 17.4. The number of anilines is 2. The van der Waals surface area contributed by atoms with Gasteiger partial charge in [0.15, 0.2) is 0 Å². The highest BCUT2D eigenvalue weighted by atomic mass is 35.5. The minimum atomic E-state index is -0.257. The Morgan fingerprint density at radius 1 is 1.14 bits per heavy atom. The Bertz CT molecular complexity index is 1040. The van der Waals surface area contributed by atoms with Crippen molar-refractivity contribution >= 4 is 28.9 Å². The average molecular weight is 407 g/mol. The Morgan fingerprint density at radius 3 is 2.69 bits per heavy atom. The number of carbonyl (C=O) groups excluding carboxylic acids is 1. The van der Waals surface area contributed by atoms with Gasteiger partial charge in [0.05, 0.1) is 23.0 Å². The van der Waals surface area contributed by atoms with Crippen LogP contribution in [0.2, 0.25) is 5.02 Å². The summed E-state index contributed by atoms with van der Waals surface area (Å²) in [5.41, 5.74) is 3.88. The summed E-state index contributed by atoms with van der Waals surface area (Å²) in [6.07, 6.45) is 4.07. The van der Waals surface area contributed by atoms with E-state index in [4.69, 9.17) is 16.6 Å². The summed E-state index contributed by atoms with van der Waals surface area (Å²) in [4.78, 5) is 28.6. The van der Waals surface area contributed by atoms with Crippen molar-refractivity contribution in [2.45, 2.75) is 39.0 Å². The van der Waals surface area contributed by atoms with Gasteiger partial charge in [0.1, 0.15) is 17.4 Å². The lowest BCUT2D eigenvalue weighted by Gasteiger charge is -2.30. The Hall–Kier alpha value is -2.79. The fraction of sp³-hybridized carbons (Fsp3) is 0.304. The molecule has 0 saturated heterocycles.